The number of nitrogens with zero attached hydrogens (tertiary/aromatic N) is 1. The second kappa shape index (κ2) is 8.40. The van der Waals surface area contributed by atoms with E-state index in [1.807, 2.05) is 0 Å². The van der Waals surface area contributed by atoms with E-state index >= 15 is 0 Å². The zero-order chi connectivity index (χ0) is 16.8. The minimum absolute atomic E-state index is 0.0150. The van der Waals surface area contributed by atoms with Crippen LogP contribution in [-0.2, 0) is 17.8 Å². The Balaban J connectivity index is 1.44. The van der Waals surface area contributed by atoms with Gasteiger partial charge in [-0.2, -0.15) is 0 Å². The topological polar surface area (TPSA) is 32.3 Å². The van der Waals surface area contributed by atoms with Crippen LogP contribution in [0.4, 0.5) is 4.39 Å². The number of carbonyl (C=O) groups is 1. The van der Waals surface area contributed by atoms with Gasteiger partial charge in [0.2, 0.25) is 5.91 Å². The summed E-state index contributed by atoms with van der Waals surface area (Å²) in [5.74, 6) is -0.216. The van der Waals surface area contributed by atoms with Crippen LogP contribution in [0.3, 0.4) is 0 Å². The van der Waals surface area contributed by atoms with Crippen molar-refractivity contribution in [3.05, 3.63) is 58.0 Å². The van der Waals surface area contributed by atoms with Crippen LogP contribution in [0.1, 0.15) is 29.7 Å². The predicted octanol–water partition coefficient (Wildman–Crippen LogP) is 3.60. The summed E-state index contributed by atoms with van der Waals surface area (Å²) in [5.41, 5.74) is 0.607. The number of halogens is 1. The van der Waals surface area contributed by atoms with Gasteiger partial charge in [-0.1, -0.05) is 24.3 Å². The Labute approximate surface area is 146 Å². The van der Waals surface area contributed by atoms with Gasteiger partial charge in [0.25, 0.3) is 0 Å². The van der Waals surface area contributed by atoms with Crippen LogP contribution in [0.5, 0.6) is 0 Å². The first-order chi connectivity index (χ1) is 11.7. The lowest BCUT2D eigenvalue weighted by Gasteiger charge is -2.32. The number of carbonyl (C=O) groups excluding carboxylic acids is 1. The Kier molecular flexibility index (Phi) is 5.99. The van der Waals surface area contributed by atoms with Gasteiger partial charge >= 0.3 is 0 Å². The highest BCUT2D eigenvalue weighted by molar-refractivity contribution is 7.09. The molecule has 0 radical (unpaired) electrons. The lowest BCUT2D eigenvalue weighted by atomic mass is 10.0. The normalized spacial score (nSPS) is 18.5. The van der Waals surface area contributed by atoms with E-state index in [1.165, 1.54) is 10.9 Å². The molecule has 24 heavy (non-hydrogen) atoms. The minimum Gasteiger partial charge on any atom is -0.352 e. The third-order valence-corrected chi connectivity index (χ3v) is 5.27. The van der Waals surface area contributed by atoms with Gasteiger partial charge in [0.05, 0.1) is 0 Å². The van der Waals surface area contributed by atoms with Crippen molar-refractivity contribution in [3.8, 4) is 0 Å². The molecule has 1 fully saturated rings. The van der Waals surface area contributed by atoms with Crippen LogP contribution in [0, 0.1) is 5.82 Å². The maximum Gasteiger partial charge on any atom is 0.220 e. The van der Waals surface area contributed by atoms with Crippen molar-refractivity contribution >= 4 is 17.2 Å². The molecule has 0 bridgehead atoms. The van der Waals surface area contributed by atoms with Crippen molar-refractivity contribution in [2.24, 2.45) is 0 Å². The molecule has 1 N–H and O–H groups in total. The first-order valence-corrected chi connectivity index (χ1v) is 9.36. The van der Waals surface area contributed by atoms with Crippen LogP contribution in [0.25, 0.3) is 0 Å². The SMILES string of the molecule is O=C(CCc1ccccc1F)NC1CCCN(Cc2cccs2)C1. The molecule has 1 atom stereocenters. The van der Waals surface area contributed by atoms with Crippen molar-refractivity contribution in [2.75, 3.05) is 13.1 Å². The summed E-state index contributed by atoms with van der Waals surface area (Å²) in [5, 5.41) is 5.22. The molecule has 3 rings (SSSR count). The van der Waals surface area contributed by atoms with Crippen molar-refractivity contribution in [1.82, 2.24) is 10.2 Å². The van der Waals surface area contributed by atoms with E-state index in [9.17, 15) is 9.18 Å². The molecule has 1 unspecified atom stereocenters. The van der Waals surface area contributed by atoms with Crippen LogP contribution in [0.15, 0.2) is 41.8 Å². The second-order valence-electron chi connectivity index (χ2n) is 6.31. The summed E-state index contributed by atoms with van der Waals surface area (Å²) in [6.45, 7) is 2.93. The van der Waals surface area contributed by atoms with Crippen molar-refractivity contribution < 1.29 is 9.18 Å². The molecule has 1 aliphatic rings. The van der Waals surface area contributed by atoms with Crippen LogP contribution < -0.4 is 5.32 Å². The fraction of sp³-hybridized carbons (Fsp3) is 0.421. The molecule has 0 spiro atoms. The number of thiophene rings is 1. The fourth-order valence-corrected chi connectivity index (χ4v) is 3.94. The summed E-state index contributed by atoms with van der Waals surface area (Å²) < 4.78 is 13.6. The van der Waals surface area contributed by atoms with Gasteiger partial charge in [-0.25, -0.2) is 4.39 Å². The number of hydrogen-bond donors (Lipinski definition) is 1. The van der Waals surface area contributed by atoms with Gasteiger partial charge in [0, 0.05) is 30.4 Å². The number of benzene rings is 1. The molecule has 3 nitrogen and oxygen atoms in total. The monoisotopic (exact) mass is 346 g/mol. The summed E-state index contributed by atoms with van der Waals surface area (Å²) >= 11 is 1.77. The van der Waals surface area contributed by atoms with Gasteiger partial charge in [0.15, 0.2) is 0 Å². The van der Waals surface area contributed by atoms with Crippen LogP contribution in [-0.4, -0.2) is 29.9 Å². The van der Waals surface area contributed by atoms with E-state index in [-0.39, 0.29) is 17.8 Å². The van der Waals surface area contributed by atoms with Crippen molar-refractivity contribution in [3.63, 3.8) is 0 Å². The van der Waals surface area contributed by atoms with E-state index in [0.29, 0.717) is 18.4 Å². The fourth-order valence-electron chi connectivity index (χ4n) is 3.19. The number of amides is 1. The molecule has 1 aromatic heterocycles. The Bertz CT molecular complexity index is 659. The molecule has 1 amide bonds. The first-order valence-electron chi connectivity index (χ1n) is 8.48. The molecule has 0 saturated carbocycles. The average molecular weight is 346 g/mol. The highest BCUT2D eigenvalue weighted by Crippen LogP contribution is 2.17. The van der Waals surface area contributed by atoms with Gasteiger partial charge < -0.3 is 5.32 Å². The predicted molar refractivity (Wildman–Crippen MR) is 95.5 cm³/mol. The first kappa shape index (κ1) is 17.1. The number of aryl methyl sites for hydroxylation is 1. The summed E-state index contributed by atoms with van der Waals surface area (Å²) in [6.07, 6.45) is 2.91. The Morgan fingerprint density at radius 3 is 2.96 bits per heavy atom. The van der Waals surface area contributed by atoms with Gasteiger partial charge in [0.1, 0.15) is 5.82 Å². The van der Waals surface area contributed by atoms with Crippen molar-refractivity contribution in [1.29, 1.82) is 0 Å². The standard InChI is InChI=1S/C19H23FN2OS/c20-18-8-2-1-5-15(18)9-10-19(23)21-16-6-3-11-22(13-16)14-17-7-4-12-24-17/h1-2,4-5,7-8,12,16H,3,6,9-11,13-14H2,(H,21,23). The number of rotatable bonds is 6. The molecule has 1 aromatic carbocycles. The molecule has 1 aliphatic heterocycles. The molecule has 2 heterocycles. The number of likely N-dealkylation sites (tertiary alicyclic amines) is 1. The molecule has 5 heteroatoms. The van der Waals surface area contributed by atoms with E-state index < -0.39 is 0 Å². The largest absolute Gasteiger partial charge is 0.352 e. The lowest BCUT2D eigenvalue weighted by Crippen LogP contribution is -2.47. The zero-order valence-corrected chi connectivity index (χ0v) is 14.5. The third-order valence-electron chi connectivity index (χ3n) is 4.41. The molecule has 128 valence electrons. The minimum atomic E-state index is -0.231. The highest BCUT2D eigenvalue weighted by atomic mass is 32.1. The number of hydrogen-bond acceptors (Lipinski definition) is 3. The summed E-state index contributed by atoms with van der Waals surface area (Å²) in [4.78, 5) is 15.9. The maximum atomic E-state index is 13.6. The van der Waals surface area contributed by atoms with Gasteiger partial charge in [-0.3, -0.25) is 9.69 Å². The average Bonchev–Trinajstić information content (AvgIpc) is 3.07. The highest BCUT2D eigenvalue weighted by Gasteiger charge is 2.21. The Morgan fingerprint density at radius 1 is 1.29 bits per heavy atom. The molecular weight excluding hydrogens is 323 g/mol. The van der Waals surface area contributed by atoms with Gasteiger partial charge in [-0.05, 0) is 48.9 Å². The van der Waals surface area contributed by atoms with E-state index in [4.69, 9.17) is 0 Å². The third kappa shape index (κ3) is 4.89. The Morgan fingerprint density at radius 2 is 2.17 bits per heavy atom. The van der Waals surface area contributed by atoms with Crippen molar-refractivity contribution in [2.45, 2.75) is 38.3 Å². The van der Waals surface area contributed by atoms with E-state index in [0.717, 1.165) is 32.5 Å². The van der Waals surface area contributed by atoms with Crippen LogP contribution in [0.2, 0.25) is 0 Å². The molecular formula is C19H23FN2OS. The number of piperidine rings is 1. The summed E-state index contributed by atoms with van der Waals surface area (Å²) in [7, 11) is 0. The Hall–Kier alpha value is -1.72. The second-order valence-corrected chi connectivity index (χ2v) is 7.34. The number of nitrogens with one attached hydrogen (secondary N) is 1. The molecule has 0 aliphatic carbocycles. The quantitative estimate of drug-likeness (QED) is 0.867. The zero-order valence-electron chi connectivity index (χ0n) is 13.7. The molecule has 2 aromatic rings. The summed E-state index contributed by atoms with van der Waals surface area (Å²) in [6, 6.07) is 11.1. The maximum absolute atomic E-state index is 13.6. The van der Waals surface area contributed by atoms with E-state index in [1.54, 1.807) is 29.5 Å². The lowest BCUT2D eigenvalue weighted by molar-refractivity contribution is -0.122. The van der Waals surface area contributed by atoms with E-state index in [2.05, 4.69) is 27.7 Å². The smallest absolute Gasteiger partial charge is 0.220 e. The van der Waals surface area contributed by atoms with Gasteiger partial charge in [-0.15, -0.1) is 11.3 Å². The molecule has 1 saturated heterocycles. The van der Waals surface area contributed by atoms with Crippen LogP contribution >= 0.6 is 11.3 Å².